The maximum atomic E-state index is 6.28. The first-order chi connectivity index (χ1) is 8.60. The molecule has 5 heteroatoms. The van der Waals surface area contributed by atoms with Gasteiger partial charge in [0.2, 0.25) is 0 Å². The Morgan fingerprint density at radius 3 is 2.72 bits per heavy atom. The number of hydrogen-bond acceptors (Lipinski definition) is 3. The SMILES string of the molecule is COC(CN)c1nc2cccc(Cl)c2n1C(C)C. The molecule has 0 fully saturated rings. The molecule has 2 aromatic rings. The summed E-state index contributed by atoms with van der Waals surface area (Å²) in [6.07, 6.45) is -0.212. The van der Waals surface area contributed by atoms with Gasteiger partial charge in [-0.05, 0) is 26.0 Å². The summed E-state index contributed by atoms with van der Waals surface area (Å²) in [5.41, 5.74) is 7.55. The number of imidazole rings is 1. The number of ether oxygens (including phenoxy) is 1. The molecule has 0 saturated carbocycles. The van der Waals surface area contributed by atoms with Crippen LogP contribution in [0.1, 0.15) is 31.8 Å². The van der Waals surface area contributed by atoms with Gasteiger partial charge in [0, 0.05) is 19.7 Å². The van der Waals surface area contributed by atoms with E-state index in [1.165, 1.54) is 0 Å². The summed E-state index contributed by atoms with van der Waals surface area (Å²) >= 11 is 6.28. The molecule has 0 aliphatic heterocycles. The number of aromatic nitrogens is 2. The lowest BCUT2D eigenvalue weighted by molar-refractivity contribution is 0.0992. The van der Waals surface area contributed by atoms with Crippen molar-refractivity contribution >= 4 is 22.6 Å². The number of nitrogens with zero attached hydrogens (tertiary/aromatic N) is 2. The van der Waals surface area contributed by atoms with Crippen LogP contribution in [0.5, 0.6) is 0 Å². The first-order valence-corrected chi connectivity index (χ1v) is 6.37. The van der Waals surface area contributed by atoms with Crippen molar-refractivity contribution in [3.05, 3.63) is 29.0 Å². The second-order valence-corrected chi connectivity index (χ2v) is 4.91. The Kier molecular flexibility index (Phi) is 3.90. The number of para-hydroxylation sites is 1. The van der Waals surface area contributed by atoms with Gasteiger partial charge in [0.05, 0.1) is 16.1 Å². The Morgan fingerprint density at radius 2 is 2.17 bits per heavy atom. The molecule has 0 bridgehead atoms. The molecule has 1 atom stereocenters. The van der Waals surface area contributed by atoms with Crippen LogP contribution in [0.4, 0.5) is 0 Å². The number of nitrogens with two attached hydrogens (primary N) is 1. The number of methoxy groups -OCH3 is 1. The molecule has 1 heterocycles. The molecule has 1 unspecified atom stereocenters. The topological polar surface area (TPSA) is 53.1 Å². The van der Waals surface area contributed by atoms with Crippen molar-refractivity contribution in [2.45, 2.75) is 26.0 Å². The average Bonchev–Trinajstić information content (AvgIpc) is 2.71. The molecule has 2 rings (SSSR count). The van der Waals surface area contributed by atoms with Gasteiger partial charge in [0.15, 0.2) is 0 Å². The van der Waals surface area contributed by atoms with Gasteiger partial charge in [-0.3, -0.25) is 0 Å². The van der Waals surface area contributed by atoms with Crippen LogP contribution in [0.15, 0.2) is 18.2 Å². The number of fused-ring (bicyclic) bond motifs is 1. The van der Waals surface area contributed by atoms with Crippen molar-refractivity contribution < 1.29 is 4.74 Å². The molecule has 0 aliphatic rings. The summed E-state index contributed by atoms with van der Waals surface area (Å²) < 4.78 is 7.49. The van der Waals surface area contributed by atoms with Crippen LogP contribution >= 0.6 is 11.6 Å². The standard InChI is InChI=1S/C13H18ClN3O/c1-8(2)17-12-9(14)5-4-6-10(12)16-13(17)11(7-15)18-3/h4-6,8,11H,7,15H2,1-3H3. The molecule has 1 aromatic carbocycles. The molecule has 18 heavy (non-hydrogen) atoms. The summed E-state index contributed by atoms with van der Waals surface area (Å²) in [4.78, 5) is 4.61. The molecular weight excluding hydrogens is 250 g/mol. The summed E-state index contributed by atoms with van der Waals surface area (Å²) in [5.74, 6) is 0.832. The van der Waals surface area contributed by atoms with Crippen LogP contribution < -0.4 is 5.73 Å². The molecule has 2 N–H and O–H groups in total. The zero-order valence-electron chi connectivity index (χ0n) is 10.9. The normalized spacial score (nSPS) is 13.4. The van der Waals surface area contributed by atoms with E-state index in [1.54, 1.807) is 7.11 Å². The number of hydrogen-bond donors (Lipinski definition) is 1. The van der Waals surface area contributed by atoms with Crippen LogP contribution in [-0.2, 0) is 4.74 Å². The highest BCUT2D eigenvalue weighted by atomic mass is 35.5. The molecular formula is C13H18ClN3O. The van der Waals surface area contributed by atoms with Crippen molar-refractivity contribution in [2.24, 2.45) is 5.73 Å². The fraction of sp³-hybridized carbons (Fsp3) is 0.462. The van der Waals surface area contributed by atoms with E-state index in [-0.39, 0.29) is 12.1 Å². The monoisotopic (exact) mass is 267 g/mol. The van der Waals surface area contributed by atoms with Gasteiger partial charge in [-0.2, -0.15) is 0 Å². The molecule has 98 valence electrons. The average molecular weight is 268 g/mol. The van der Waals surface area contributed by atoms with Gasteiger partial charge >= 0.3 is 0 Å². The highest BCUT2D eigenvalue weighted by Gasteiger charge is 2.21. The van der Waals surface area contributed by atoms with E-state index in [0.717, 1.165) is 16.9 Å². The first kappa shape index (κ1) is 13.3. The second-order valence-electron chi connectivity index (χ2n) is 4.50. The Bertz CT molecular complexity index is 546. The third-order valence-corrected chi connectivity index (χ3v) is 3.30. The van der Waals surface area contributed by atoms with Crippen LogP contribution in [0.25, 0.3) is 11.0 Å². The second kappa shape index (κ2) is 5.26. The summed E-state index contributed by atoms with van der Waals surface area (Å²) in [7, 11) is 1.64. The van der Waals surface area contributed by atoms with Gasteiger partial charge in [-0.15, -0.1) is 0 Å². The van der Waals surface area contributed by atoms with Crippen molar-refractivity contribution in [2.75, 3.05) is 13.7 Å². The molecule has 1 aromatic heterocycles. The lowest BCUT2D eigenvalue weighted by Gasteiger charge is -2.18. The number of benzene rings is 1. The minimum absolute atomic E-state index is 0.212. The molecule has 0 aliphatic carbocycles. The molecule has 0 amide bonds. The van der Waals surface area contributed by atoms with Gasteiger partial charge in [0.1, 0.15) is 11.9 Å². The molecule has 4 nitrogen and oxygen atoms in total. The lowest BCUT2D eigenvalue weighted by atomic mass is 10.2. The Labute approximate surface area is 112 Å². The predicted octanol–water partition coefficient (Wildman–Crippen LogP) is 2.92. The van der Waals surface area contributed by atoms with Gasteiger partial charge in [-0.25, -0.2) is 4.98 Å². The van der Waals surface area contributed by atoms with E-state index in [9.17, 15) is 0 Å². The third-order valence-electron chi connectivity index (χ3n) is 2.99. The Hall–Kier alpha value is -1.10. The molecule has 0 saturated heterocycles. The smallest absolute Gasteiger partial charge is 0.140 e. The Morgan fingerprint density at radius 1 is 1.44 bits per heavy atom. The summed E-state index contributed by atoms with van der Waals surface area (Å²) in [5, 5.41) is 0.701. The zero-order valence-corrected chi connectivity index (χ0v) is 11.6. The number of rotatable bonds is 4. The van der Waals surface area contributed by atoms with Crippen molar-refractivity contribution in [3.63, 3.8) is 0 Å². The maximum Gasteiger partial charge on any atom is 0.140 e. The third kappa shape index (κ3) is 2.11. The van der Waals surface area contributed by atoms with Crippen molar-refractivity contribution in [1.82, 2.24) is 9.55 Å². The first-order valence-electron chi connectivity index (χ1n) is 5.99. The van der Waals surface area contributed by atoms with E-state index in [4.69, 9.17) is 22.1 Å². The van der Waals surface area contributed by atoms with E-state index in [2.05, 4.69) is 23.4 Å². The number of halogens is 1. The van der Waals surface area contributed by atoms with Crippen LogP contribution in [0.2, 0.25) is 5.02 Å². The van der Waals surface area contributed by atoms with Crippen molar-refractivity contribution in [3.8, 4) is 0 Å². The van der Waals surface area contributed by atoms with Crippen LogP contribution in [0, 0.1) is 0 Å². The van der Waals surface area contributed by atoms with E-state index in [1.807, 2.05) is 18.2 Å². The zero-order chi connectivity index (χ0) is 13.3. The summed E-state index contributed by atoms with van der Waals surface area (Å²) in [6.45, 7) is 4.58. The van der Waals surface area contributed by atoms with Gasteiger partial charge in [0.25, 0.3) is 0 Å². The van der Waals surface area contributed by atoms with Crippen LogP contribution in [-0.4, -0.2) is 23.2 Å². The highest BCUT2D eigenvalue weighted by molar-refractivity contribution is 6.35. The van der Waals surface area contributed by atoms with E-state index >= 15 is 0 Å². The lowest BCUT2D eigenvalue weighted by Crippen LogP contribution is -2.20. The maximum absolute atomic E-state index is 6.28. The quantitative estimate of drug-likeness (QED) is 0.927. The summed E-state index contributed by atoms with van der Waals surface area (Å²) in [6, 6.07) is 5.97. The molecule has 0 radical (unpaired) electrons. The fourth-order valence-corrected chi connectivity index (χ4v) is 2.44. The van der Waals surface area contributed by atoms with Crippen LogP contribution in [0.3, 0.4) is 0 Å². The van der Waals surface area contributed by atoms with Crippen molar-refractivity contribution in [1.29, 1.82) is 0 Å². The Balaban J connectivity index is 2.73. The van der Waals surface area contributed by atoms with Gasteiger partial charge < -0.3 is 15.0 Å². The predicted molar refractivity (Wildman–Crippen MR) is 73.9 cm³/mol. The van der Waals surface area contributed by atoms with Gasteiger partial charge in [-0.1, -0.05) is 17.7 Å². The minimum Gasteiger partial charge on any atom is -0.372 e. The molecule has 0 spiro atoms. The van der Waals surface area contributed by atoms with E-state index < -0.39 is 0 Å². The van der Waals surface area contributed by atoms with E-state index in [0.29, 0.717) is 11.6 Å². The largest absolute Gasteiger partial charge is 0.372 e. The minimum atomic E-state index is -0.212. The fourth-order valence-electron chi connectivity index (χ4n) is 2.18. The highest BCUT2D eigenvalue weighted by Crippen LogP contribution is 2.30.